The van der Waals surface area contributed by atoms with E-state index in [-0.39, 0.29) is 6.10 Å². The van der Waals surface area contributed by atoms with Crippen molar-refractivity contribution in [2.75, 3.05) is 0 Å². The van der Waals surface area contributed by atoms with Crippen LogP contribution in [0.5, 0.6) is 0 Å². The van der Waals surface area contributed by atoms with Gasteiger partial charge in [-0.15, -0.1) is 0 Å². The molecule has 0 amide bonds. The minimum atomic E-state index is 0.0342. The van der Waals surface area contributed by atoms with Gasteiger partial charge in [-0.25, -0.2) is 0 Å². The van der Waals surface area contributed by atoms with E-state index >= 15 is 0 Å². The minimum absolute atomic E-state index is 0.0342. The van der Waals surface area contributed by atoms with Crippen LogP contribution >= 0.6 is 22.6 Å². The summed E-state index contributed by atoms with van der Waals surface area (Å²) < 4.78 is 0.762. The fourth-order valence-corrected chi connectivity index (χ4v) is 1.70. The Kier molecular flexibility index (Phi) is 1.34. The predicted octanol–water partition coefficient (Wildman–Crippen LogP) is 0.945. The molecule has 1 rings (SSSR count). The van der Waals surface area contributed by atoms with E-state index in [4.69, 9.17) is 5.11 Å². The molecule has 1 nitrogen and oxygen atoms in total. The van der Waals surface area contributed by atoms with Crippen molar-refractivity contribution in [1.29, 1.82) is 0 Å². The summed E-state index contributed by atoms with van der Waals surface area (Å²) in [4.78, 5) is 0. The zero-order chi connectivity index (χ0) is 4.57. The Morgan fingerprint density at radius 2 is 2.00 bits per heavy atom. The van der Waals surface area contributed by atoms with Gasteiger partial charge >= 0.3 is 0 Å². The fourth-order valence-electron chi connectivity index (χ4n) is 0.521. The Hall–Kier alpha value is 0.690. The lowest BCUT2D eigenvalue weighted by Gasteiger charge is -2.25. The zero-order valence-electron chi connectivity index (χ0n) is 3.39. The topological polar surface area (TPSA) is 20.2 Å². The van der Waals surface area contributed by atoms with Gasteiger partial charge in [0.05, 0.1) is 6.10 Å². The maximum absolute atomic E-state index is 8.61. The van der Waals surface area contributed by atoms with Gasteiger partial charge in [0.15, 0.2) is 0 Å². The molecule has 0 atom stereocenters. The van der Waals surface area contributed by atoms with Crippen LogP contribution in [0.2, 0.25) is 0 Å². The Bertz CT molecular complexity index is 43.5. The molecule has 0 aromatic rings. The molecule has 0 aromatic heterocycles. The Morgan fingerprint density at radius 3 is 2.00 bits per heavy atom. The Balaban J connectivity index is 2.11. The van der Waals surface area contributed by atoms with Crippen LogP contribution in [-0.4, -0.2) is 15.1 Å². The van der Waals surface area contributed by atoms with Crippen molar-refractivity contribution in [2.24, 2.45) is 0 Å². The third-order valence-corrected chi connectivity index (χ3v) is 2.07. The maximum atomic E-state index is 8.61. The molecule has 1 N–H and O–H groups in total. The molecule has 1 aliphatic rings. The van der Waals surface area contributed by atoms with Crippen molar-refractivity contribution >= 4 is 22.6 Å². The first-order valence-corrected chi connectivity index (χ1v) is 3.36. The molecule has 1 saturated carbocycles. The van der Waals surface area contributed by atoms with Gasteiger partial charge in [0, 0.05) is 3.92 Å². The van der Waals surface area contributed by atoms with E-state index in [1.54, 1.807) is 0 Å². The lowest BCUT2D eigenvalue weighted by Crippen LogP contribution is -2.27. The molecule has 36 valence electrons. The van der Waals surface area contributed by atoms with Gasteiger partial charge in [-0.05, 0) is 12.8 Å². The number of hydrogen-bond acceptors (Lipinski definition) is 1. The summed E-state index contributed by atoms with van der Waals surface area (Å²) in [5.41, 5.74) is 0. The van der Waals surface area contributed by atoms with E-state index < -0.39 is 0 Å². The lowest BCUT2D eigenvalue weighted by atomic mass is 9.97. The molecular formula is C4H7IO. The predicted molar refractivity (Wildman–Crippen MR) is 33.0 cm³/mol. The van der Waals surface area contributed by atoms with Crippen molar-refractivity contribution in [3.8, 4) is 0 Å². The van der Waals surface area contributed by atoms with Crippen LogP contribution in [0.4, 0.5) is 0 Å². The van der Waals surface area contributed by atoms with Crippen LogP contribution in [0.15, 0.2) is 0 Å². The molecule has 0 radical (unpaired) electrons. The van der Waals surface area contributed by atoms with Crippen LogP contribution in [0.1, 0.15) is 12.8 Å². The molecule has 0 heterocycles. The Morgan fingerprint density at radius 1 is 1.50 bits per heavy atom. The van der Waals surface area contributed by atoms with Crippen molar-refractivity contribution in [1.82, 2.24) is 0 Å². The van der Waals surface area contributed by atoms with Crippen LogP contribution < -0.4 is 0 Å². The van der Waals surface area contributed by atoms with Crippen molar-refractivity contribution < 1.29 is 5.11 Å². The summed E-state index contributed by atoms with van der Waals surface area (Å²) in [7, 11) is 0. The van der Waals surface area contributed by atoms with E-state index in [2.05, 4.69) is 22.6 Å². The van der Waals surface area contributed by atoms with Crippen molar-refractivity contribution in [3.63, 3.8) is 0 Å². The van der Waals surface area contributed by atoms with Crippen LogP contribution in [-0.2, 0) is 0 Å². The summed E-state index contributed by atoms with van der Waals surface area (Å²) >= 11 is 2.35. The molecule has 1 fully saturated rings. The van der Waals surface area contributed by atoms with Gasteiger partial charge in [0.1, 0.15) is 0 Å². The Labute approximate surface area is 50.9 Å². The van der Waals surface area contributed by atoms with E-state index in [9.17, 15) is 0 Å². The second kappa shape index (κ2) is 1.66. The fraction of sp³-hybridized carbons (Fsp3) is 1.00. The van der Waals surface area contributed by atoms with E-state index in [1.165, 1.54) is 0 Å². The van der Waals surface area contributed by atoms with Crippen LogP contribution in [0.25, 0.3) is 0 Å². The van der Waals surface area contributed by atoms with E-state index in [0.717, 1.165) is 16.8 Å². The lowest BCUT2D eigenvalue weighted by molar-refractivity contribution is 0.105. The number of rotatable bonds is 0. The first-order valence-electron chi connectivity index (χ1n) is 2.11. The van der Waals surface area contributed by atoms with Gasteiger partial charge < -0.3 is 5.11 Å². The molecule has 2 heteroatoms. The first-order chi connectivity index (χ1) is 2.79. The van der Waals surface area contributed by atoms with E-state index in [1.807, 2.05) is 0 Å². The highest BCUT2D eigenvalue weighted by Gasteiger charge is 2.23. The normalized spacial score (nSPS) is 45.0. The standard InChI is InChI=1S/C4H7IO/c5-3-1-4(6)2-3/h3-4,6H,1-2H2/t3-,4-. The average molecular weight is 198 g/mol. The average Bonchev–Trinajstić information content (AvgIpc) is 1.33. The molecule has 0 bridgehead atoms. The van der Waals surface area contributed by atoms with Gasteiger partial charge in [0.2, 0.25) is 0 Å². The van der Waals surface area contributed by atoms with Gasteiger partial charge in [-0.1, -0.05) is 22.6 Å². The SMILES string of the molecule is O[C@H]1C[C@H](I)C1. The largest absolute Gasteiger partial charge is 0.393 e. The molecule has 0 spiro atoms. The third-order valence-electron chi connectivity index (χ3n) is 1.06. The third kappa shape index (κ3) is 0.846. The van der Waals surface area contributed by atoms with E-state index in [0.29, 0.717) is 0 Å². The summed E-state index contributed by atoms with van der Waals surface area (Å²) in [5.74, 6) is 0. The number of alkyl halides is 1. The molecule has 1 aliphatic carbocycles. The highest BCUT2D eigenvalue weighted by Crippen LogP contribution is 2.26. The number of aliphatic hydroxyl groups excluding tert-OH is 1. The smallest absolute Gasteiger partial charge is 0.0560 e. The molecule has 0 aliphatic heterocycles. The second-order valence-corrected chi connectivity index (χ2v) is 3.48. The van der Waals surface area contributed by atoms with Gasteiger partial charge in [-0.3, -0.25) is 0 Å². The molecule has 0 saturated heterocycles. The molecule has 0 aromatic carbocycles. The molecule has 0 unspecified atom stereocenters. The number of halogens is 1. The quantitative estimate of drug-likeness (QED) is 0.453. The van der Waals surface area contributed by atoms with Gasteiger partial charge in [-0.2, -0.15) is 0 Å². The monoisotopic (exact) mass is 198 g/mol. The second-order valence-electron chi connectivity index (χ2n) is 1.72. The van der Waals surface area contributed by atoms with Gasteiger partial charge in [0.25, 0.3) is 0 Å². The highest BCUT2D eigenvalue weighted by molar-refractivity contribution is 14.1. The van der Waals surface area contributed by atoms with Crippen LogP contribution in [0, 0.1) is 0 Å². The first kappa shape index (κ1) is 4.84. The molecule has 6 heavy (non-hydrogen) atoms. The number of aliphatic hydroxyl groups is 1. The minimum Gasteiger partial charge on any atom is -0.393 e. The molecular weight excluding hydrogens is 191 g/mol. The maximum Gasteiger partial charge on any atom is 0.0560 e. The van der Waals surface area contributed by atoms with Crippen molar-refractivity contribution in [3.05, 3.63) is 0 Å². The summed E-state index contributed by atoms with van der Waals surface area (Å²) in [6.45, 7) is 0. The zero-order valence-corrected chi connectivity index (χ0v) is 5.55. The van der Waals surface area contributed by atoms with Crippen molar-refractivity contribution in [2.45, 2.75) is 22.9 Å². The summed E-state index contributed by atoms with van der Waals surface area (Å²) in [6.07, 6.45) is 2.06. The highest BCUT2D eigenvalue weighted by atomic mass is 127. The summed E-state index contributed by atoms with van der Waals surface area (Å²) in [5, 5.41) is 8.61. The van der Waals surface area contributed by atoms with Crippen LogP contribution in [0.3, 0.4) is 0 Å². The number of hydrogen-bond donors (Lipinski definition) is 1. The summed E-state index contributed by atoms with van der Waals surface area (Å²) in [6, 6.07) is 0.